The first-order valence-corrected chi connectivity index (χ1v) is 12.3. The van der Waals surface area contributed by atoms with Crippen LogP contribution >= 0.6 is 0 Å². The molecule has 39 heavy (non-hydrogen) atoms. The molecule has 0 spiro atoms. The zero-order valence-electron chi connectivity index (χ0n) is 22.0. The maximum Gasteiger partial charge on any atom is 0.341 e. The highest BCUT2D eigenvalue weighted by Crippen LogP contribution is 2.31. The van der Waals surface area contributed by atoms with Gasteiger partial charge in [0.1, 0.15) is 18.8 Å². The molecular weight excluding hydrogens is 504 g/mol. The summed E-state index contributed by atoms with van der Waals surface area (Å²) in [7, 11) is 3.18. The van der Waals surface area contributed by atoms with Gasteiger partial charge in [-0.2, -0.15) is 4.98 Å². The molecule has 0 aliphatic carbocycles. The number of aryl methyl sites for hydroxylation is 1. The lowest BCUT2D eigenvalue weighted by Crippen LogP contribution is -2.19. The van der Waals surface area contributed by atoms with Gasteiger partial charge in [0.15, 0.2) is 17.1 Å². The van der Waals surface area contributed by atoms with E-state index in [4.69, 9.17) is 18.9 Å². The van der Waals surface area contributed by atoms with Crippen molar-refractivity contribution in [2.24, 2.45) is 0 Å². The van der Waals surface area contributed by atoms with Gasteiger partial charge in [0.05, 0.1) is 18.6 Å². The third-order valence-electron chi connectivity index (χ3n) is 5.89. The van der Waals surface area contributed by atoms with Crippen molar-refractivity contribution in [1.82, 2.24) is 14.5 Å². The smallest absolute Gasteiger partial charge is 0.341 e. The predicted octanol–water partition coefficient (Wildman–Crippen LogP) is 3.84. The number of hydrogen-bond donors (Lipinski definition) is 2. The molecule has 4 rings (SSSR count). The number of fused-ring (bicyclic) bond motifs is 1. The van der Waals surface area contributed by atoms with Gasteiger partial charge >= 0.3 is 5.97 Å². The number of pyridine rings is 1. The Hall–Kier alpha value is -4.48. The molecule has 2 heterocycles. The van der Waals surface area contributed by atoms with Crippen molar-refractivity contribution < 1.29 is 28.8 Å². The summed E-state index contributed by atoms with van der Waals surface area (Å²) in [5, 5.41) is 12.8. The van der Waals surface area contributed by atoms with E-state index in [1.165, 1.54) is 12.4 Å². The molecule has 4 aromatic rings. The molecule has 2 aromatic carbocycles. The number of rotatable bonds is 13. The van der Waals surface area contributed by atoms with Crippen molar-refractivity contribution in [1.29, 1.82) is 0 Å². The molecule has 11 nitrogen and oxygen atoms in total. The first kappa shape index (κ1) is 27.6. The van der Waals surface area contributed by atoms with Crippen LogP contribution in [0.2, 0.25) is 0 Å². The first-order valence-electron chi connectivity index (χ1n) is 12.3. The number of carboxylic acids is 1. The third kappa shape index (κ3) is 6.51. The normalized spacial score (nSPS) is 10.9. The number of hydrogen-bond acceptors (Lipinski definition) is 9. The Balaban J connectivity index is 1.73. The maximum absolute atomic E-state index is 12.9. The Labute approximate surface area is 225 Å². The van der Waals surface area contributed by atoms with Crippen LogP contribution in [0.4, 0.5) is 11.6 Å². The van der Waals surface area contributed by atoms with Crippen LogP contribution in [0.15, 0.2) is 59.7 Å². The molecule has 0 amide bonds. The highest BCUT2D eigenvalue weighted by Gasteiger charge is 2.18. The predicted molar refractivity (Wildman–Crippen MR) is 146 cm³/mol. The van der Waals surface area contributed by atoms with Crippen LogP contribution in [0.5, 0.6) is 11.5 Å². The van der Waals surface area contributed by atoms with E-state index in [2.05, 4.69) is 15.3 Å². The molecule has 0 bridgehead atoms. The number of anilines is 2. The Kier molecular flexibility index (Phi) is 9.08. The SMILES string of the molecule is CCc1ccc(-n2cc(C(=O)O)c(=O)c3cnc(Nc4ccc(OCCOC)c(OCCOC)c4)nc32)cc1. The van der Waals surface area contributed by atoms with Crippen molar-refractivity contribution in [2.75, 3.05) is 46.0 Å². The van der Waals surface area contributed by atoms with Crippen molar-refractivity contribution in [2.45, 2.75) is 13.3 Å². The summed E-state index contributed by atoms with van der Waals surface area (Å²) in [6.07, 6.45) is 3.47. The highest BCUT2D eigenvalue weighted by atomic mass is 16.5. The second-order valence-corrected chi connectivity index (χ2v) is 8.47. The van der Waals surface area contributed by atoms with Crippen LogP contribution in [0, 0.1) is 0 Å². The summed E-state index contributed by atoms with van der Waals surface area (Å²) in [4.78, 5) is 33.5. The Bertz CT molecular complexity index is 1500. The number of carboxylic acid groups (broad SMARTS) is 1. The van der Waals surface area contributed by atoms with Gasteiger partial charge in [-0.1, -0.05) is 19.1 Å². The number of ether oxygens (including phenoxy) is 4. The minimum atomic E-state index is -1.32. The minimum Gasteiger partial charge on any atom is -0.487 e. The fraction of sp³-hybridized carbons (Fsp3) is 0.286. The van der Waals surface area contributed by atoms with Crippen molar-refractivity contribution >= 4 is 28.6 Å². The monoisotopic (exact) mass is 534 g/mol. The van der Waals surface area contributed by atoms with Crippen LogP contribution in [0.1, 0.15) is 22.8 Å². The molecule has 0 atom stereocenters. The first-order chi connectivity index (χ1) is 18.9. The van der Waals surface area contributed by atoms with E-state index < -0.39 is 11.4 Å². The second-order valence-electron chi connectivity index (χ2n) is 8.47. The Morgan fingerprint density at radius 2 is 1.67 bits per heavy atom. The van der Waals surface area contributed by atoms with E-state index in [0.29, 0.717) is 49.3 Å². The van der Waals surface area contributed by atoms with E-state index in [-0.39, 0.29) is 22.5 Å². The largest absolute Gasteiger partial charge is 0.487 e. The van der Waals surface area contributed by atoms with Crippen LogP contribution in [0.25, 0.3) is 16.7 Å². The summed E-state index contributed by atoms with van der Waals surface area (Å²) in [5.41, 5.74) is 1.64. The van der Waals surface area contributed by atoms with Gasteiger partial charge < -0.3 is 33.9 Å². The van der Waals surface area contributed by atoms with Crippen LogP contribution in [-0.2, 0) is 15.9 Å². The van der Waals surface area contributed by atoms with Crippen molar-refractivity contribution in [3.8, 4) is 17.2 Å². The maximum atomic E-state index is 12.9. The number of nitrogens with zero attached hydrogens (tertiary/aromatic N) is 3. The average molecular weight is 535 g/mol. The zero-order valence-corrected chi connectivity index (χ0v) is 22.0. The standard InChI is InChI=1S/C28H30N4O7/c1-4-18-5-8-20(9-6-18)32-17-22(27(34)35)25(33)21-16-29-28(31-26(21)32)30-19-7-10-23(38-13-11-36-2)24(15-19)39-14-12-37-3/h5-10,15-17H,4,11-14H2,1-3H3,(H,34,35)(H,29,30,31). The number of benzene rings is 2. The minimum absolute atomic E-state index is 0.0884. The Morgan fingerprint density at radius 3 is 2.31 bits per heavy atom. The summed E-state index contributed by atoms with van der Waals surface area (Å²) >= 11 is 0. The number of carbonyl (C=O) groups is 1. The summed E-state index contributed by atoms with van der Waals surface area (Å²) in [6, 6.07) is 12.9. The average Bonchev–Trinajstić information content (AvgIpc) is 2.94. The van der Waals surface area contributed by atoms with E-state index in [0.717, 1.165) is 12.0 Å². The molecule has 0 fully saturated rings. The second kappa shape index (κ2) is 12.9. The summed E-state index contributed by atoms with van der Waals surface area (Å²) < 4.78 is 23.3. The molecule has 2 aromatic heterocycles. The van der Waals surface area contributed by atoms with Gasteiger partial charge in [-0.05, 0) is 36.2 Å². The third-order valence-corrected chi connectivity index (χ3v) is 5.89. The lowest BCUT2D eigenvalue weighted by atomic mass is 10.1. The van der Waals surface area contributed by atoms with E-state index in [1.807, 2.05) is 31.2 Å². The number of aromatic nitrogens is 3. The number of aromatic carboxylic acids is 1. The summed E-state index contributed by atoms with van der Waals surface area (Å²) in [5.74, 6) is -0.0803. The van der Waals surface area contributed by atoms with Gasteiger partial charge in [0.2, 0.25) is 11.4 Å². The molecule has 0 aliphatic heterocycles. The molecule has 0 radical (unpaired) electrons. The van der Waals surface area contributed by atoms with Gasteiger partial charge in [0.25, 0.3) is 0 Å². The number of nitrogens with one attached hydrogen (secondary N) is 1. The van der Waals surface area contributed by atoms with Gasteiger partial charge in [0, 0.05) is 44.1 Å². The quantitative estimate of drug-likeness (QED) is 0.244. The van der Waals surface area contributed by atoms with E-state index >= 15 is 0 Å². The van der Waals surface area contributed by atoms with E-state index in [9.17, 15) is 14.7 Å². The molecule has 0 saturated carbocycles. The highest BCUT2D eigenvalue weighted by molar-refractivity contribution is 5.92. The van der Waals surface area contributed by atoms with Crippen LogP contribution in [-0.4, -0.2) is 66.3 Å². The van der Waals surface area contributed by atoms with Crippen molar-refractivity contribution in [3.63, 3.8) is 0 Å². The molecule has 2 N–H and O–H groups in total. The van der Waals surface area contributed by atoms with E-state index in [1.54, 1.807) is 37.0 Å². The fourth-order valence-electron chi connectivity index (χ4n) is 3.83. The summed E-state index contributed by atoms with van der Waals surface area (Å²) in [6.45, 7) is 3.55. The lowest BCUT2D eigenvalue weighted by molar-refractivity contribution is 0.0695. The van der Waals surface area contributed by atoms with Crippen LogP contribution < -0.4 is 20.2 Å². The zero-order chi connectivity index (χ0) is 27.8. The van der Waals surface area contributed by atoms with Gasteiger partial charge in [-0.25, -0.2) is 9.78 Å². The van der Waals surface area contributed by atoms with Crippen molar-refractivity contribution in [3.05, 3.63) is 76.2 Å². The topological polar surface area (TPSA) is 134 Å². The van der Waals surface area contributed by atoms with Crippen LogP contribution in [0.3, 0.4) is 0 Å². The molecule has 0 saturated heterocycles. The molecular formula is C28H30N4O7. The molecule has 204 valence electrons. The molecule has 0 aliphatic rings. The lowest BCUT2D eigenvalue weighted by Gasteiger charge is -2.15. The molecule has 11 heteroatoms. The van der Waals surface area contributed by atoms with Gasteiger partial charge in [-0.3, -0.25) is 4.79 Å². The number of methoxy groups -OCH3 is 2. The fourth-order valence-corrected chi connectivity index (χ4v) is 3.83. The Morgan fingerprint density at radius 1 is 0.974 bits per heavy atom. The molecule has 0 unspecified atom stereocenters. The van der Waals surface area contributed by atoms with Gasteiger partial charge in [-0.15, -0.1) is 0 Å².